The number of hydrogen-bond donors (Lipinski definition) is 0. The summed E-state index contributed by atoms with van der Waals surface area (Å²) in [6.07, 6.45) is 8.54. The number of unbranched alkanes of at least 4 members (excludes halogenated alkanes) is 5. The Hall–Kier alpha value is -1.84. The van der Waals surface area contributed by atoms with E-state index in [1.54, 1.807) is 0 Å². The molecule has 0 radical (unpaired) electrons. The summed E-state index contributed by atoms with van der Waals surface area (Å²) in [6.45, 7) is 6.01. The number of nitrogens with zero attached hydrogens (tertiary/aromatic N) is 1. The summed E-state index contributed by atoms with van der Waals surface area (Å²) >= 11 is 0. The molecular weight excluding hydrogens is 326 g/mol. The normalized spacial score (nSPS) is 15.1. The van der Waals surface area contributed by atoms with Crippen molar-refractivity contribution in [1.29, 1.82) is 0 Å². The summed E-state index contributed by atoms with van der Waals surface area (Å²) < 4.78 is 5.44. The molecule has 1 fully saturated rings. The lowest BCUT2D eigenvalue weighted by Crippen LogP contribution is -2.40. The molecule has 0 saturated carbocycles. The Morgan fingerprint density at radius 2 is 1.62 bits per heavy atom. The summed E-state index contributed by atoms with van der Waals surface area (Å²) in [5, 5.41) is 0. The number of carbonyl (C=O) groups excluding carboxylic acids is 2. The van der Waals surface area contributed by atoms with Crippen LogP contribution < -0.4 is 0 Å². The van der Waals surface area contributed by atoms with Crippen molar-refractivity contribution in [1.82, 2.24) is 4.90 Å². The van der Waals surface area contributed by atoms with E-state index in [0.717, 1.165) is 24.0 Å². The molecule has 2 rings (SSSR count). The molecule has 1 saturated heterocycles. The molecule has 0 atom stereocenters. The average Bonchev–Trinajstić information content (AvgIpc) is 2.67. The second-order valence-corrected chi connectivity index (χ2v) is 7.37. The number of aryl methyl sites for hydroxylation is 1. The van der Waals surface area contributed by atoms with E-state index in [4.69, 9.17) is 4.74 Å². The number of hydrogen-bond acceptors (Lipinski definition) is 3. The van der Waals surface area contributed by atoms with Gasteiger partial charge in [0.1, 0.15) is 0 Å². The van der Waals surface area contributed by atoms with Crippen LogP contribution in [0, 0.1) is 12.8 Å². The summed E-state index contributed by atoms with van der Waals surface area (Å²) in [4.78, 5) is 26.6. The van der Waals surface area contributed by atoms with Gasteiger partial charge in [-0.05, 0) is 38.3 Å². The number of benzene rings is 1. The first kappa shape index (κ1) is 20.5. The number of piperidine rings is 1. The van der Waals surface area contributed by atoms with Gasteiger partial charge < -0.3 is 9.64 Å². The lowest BCUT2D eigenvalue weighted by Gasteiger charge is -2.31. The molecule has 0 bridgehead atoms. The van der Waals surface area contributed by atoms with Crippen molar-refractivity contribution in [3.8, 4) is 0 Å². The smallest absolute Gasteiger partial charge is 0.309 e. The monoisotopic (exact) mass is 359 g/mol. The average molecular weight is 360 g/mol. The zero-order valence-electron chi connectivity index (χ0n) is 16.3. The van der Waals surface area contributed by atoms with Gasteiger partial charge in [0.25, 0.3) is 5.91 Å². The van der Waals surface area contributed by atoms with E-state index in [9.17, 15) is 9.59 Å². The first-order valence-corrected chi connectivity index (χ1v) is 10.1. The molecule has 4 heteroatoms. The summed E-state index contributed by atoms with van der Waals surface area (Å²) in [7, 11) is 0. The van der Waals surface area contributed by atoms with Crippen LogP contribution in [0.3, 0.4) is 0 Å². The molecule has 1 heterocycles. The van der Waals surface area contributed by atoms with E-state index in [1.807, 2.05) is 36.1 Å². The SMILES string of the molecule is CCCCCCCCOC(=O)C1CCN(C(=O)c2ccc(C)cc2)CC1. The minimum Gasteiger partial charge on any atom is -0.465 e. The van der Waals surface area contributed by atoms with Crippen LogP contribution in [0.5, 0.6) is 0 Å². The van der Waals surface area contributed by atoms with Gasteiger partial charge in [-0.2, -0.15) is 0 Å². The van der Waals surface area contributed by atoms with E-state index in [-0.39, 0.29) is 17.8 Å². The minimum atomic E-state index is -0.0824. The first-order chi connectivity index (χ1) is 12.6. The molecule has 0 aliphatic carbocycles. The van der Waals surface area contributed by atoms with Gasteiger partial charge in [0.2, 0.25) is 0 Å². The van der Waals surface area contributed by atoms with Gasteiger partial charge in [0.05, 0.1) is 12.5 Å². The van der Waals surface area contributed by atoms with E-state index in [2.05, 4.69) is 6.92 Å². The first-order valence-electron chi connectivity index (χ1n) is 10.1. The number of amides is 1. The van der Waals surface area contributed by atoms with Gasteiger partial charge in [-0.25, -0.2) is 0 Å². The standard InChI is InChI=1S/C22H33NO3/c1-3-4-5-6-7-8-17-26-22(25)20-13-15-23(16-14-20)21(24)19-11-9-18(2)10-12-19/h9-12,20H,3-8,13-17H2,1-2H3. The van der Waals surface area contributed by atoms with Crippen LogP contribution in [0.25, 0.3) is 0 Å². The fourth-order valence-corrected chi connectivity index (χ4v) is 3.37. The van der Waals surface area contributed by atoms with Crippen LogP contribution >= 0.6 is 0 Å². The molecule has 26 heavy (non-hydrogen) atoms. The van der Waals surface area contributed by atoms with Gasteiger partial charge in [-0.3, -0.25) is 9.59 Å². The Balaban J connectivity index is 1.65. The predicted molar refractivity (Wildman–Crippen MR) is 104 cm³/mol. The molecule has 0 N–H and O–H groups in total. The highest BCUT2D eigenvalue weighted by molar-refractivity contribution is 5.94. The Labute approximate surface area is 157 Å². The van der Waals surface area contributed by atoms with Gasteiger partial charge in [-0.1, -0.05) is 56.7 Å². The number of rotatable bonds is 9. The molecule has 1 aromatic carbocycles. The van der Waals surface area contributed by atoms with E-state index < -0.39 is 0 Å². The Morgan fingerprint density at radius 1 is 1.00 bits per heavy atom. The van der Waals surface area contributed by atoms with Crippen LogP contribution in [0.2, 0.25) is 0 Å². The summed E-state index contributed by atoms with van der Waals surface area (Å²) in [6, 6.07) is 7.66. The second kappa shape index (κ2) is 11.0. The number of ether oxygens (including phenoxy) is 1. The molecule has 1 amide bonds. The third kappa shape index (κ3) is 6.47. The van der Waals surface area contributed by atoms with Crippen molar-refractivity contribution < 1.29 is 14.3 Å². The zero-order valence-corrected chi connectivity index (χ0v) is 16.3. The molecule has 0 unspecified atom stereocenters. The highest BCUT2D eigenvalue weighted by atomic mass is 16.5. The van der Waals surface area contributed by atoms with Crippen molar-refractivity contribution >= 4 is 11.9 Å². The molecule has 144 valence electrons. The fraction of sp³-hybridized carbons (Fsp3) is 0.636. The third-order valence-electron chi connectivity index (χ3n) is 5.16. The lowest BCUT2D eigenvalue weighted by molar-refractivity contribution is -0.150. The summed E-state index contributed by atoms with van der Waals surface area (Å²) in [5.41, 5.74) is 1.87. The fourth-order valence-electron chi connectivity index (χ4n) is 3.37. The molecule has 4 nitrogen and oxygen atoms in total. The van der Waals surface area contributed by atoms with Gasteiger partial charge >= 0.3 is 5.97 Å². The minimum absolute atomic E-state index is 0.0582. The van der Waals surface area contributed by atoms with Crippen LogP contribution in [-0.2, 0) is 9.53 Å². The van der Waals surface area contributed by atoms with Gasteiger partial charge in [0, 0.05) is 18.7 Å². The van der Waals surface area contributed by atoms with Crippen molar-refractivity contribution in [3.63, 3.8) is 0 Å². The highest BCUT2D eigenvalue weighted by Gasteiger charge is 2.28. The van der Waals surface area contributed by atoms with E-state index in [0.29, 0.717) is 32.5 Å². The van der Waals surface area contributed by atoms with Gasteiger partial charge in [-0.15, -0.1) is 0 Å². The van der Waals surface area contributed by atoms with Crippen molar-refractivity contribution in [3.05, 3.63) is 35.4 Å². The molecule has 1 aromatic rings. The van der Waals surface area contributed by atoms with E-state index >= 15 is 0 Å². The van der Waals surface area contributed by atoms with Crippen molar-refractivity contribution in [2.45, 2.75) is 65.2 Å². The third-order valence-corrected chi connectivity index (χ3v) is 5.16. The van der Waals surface area contributed by atoms with Crippen molar-refractivity contribution in [2.75, 3.05) is 19.7 Å². The maximum absolute atomic E-state index is 12.5. The Morgan fingerprint density at radius 3 is 2.27 bits per heavy atom. The van der Waals surface area contributed by atoms with Crippen molar-refractivity contribution in [2.24, 2.45) is 5.92 Å². The zero-order chi connectivity index (χ0) is 18.8. The Bertz CT molecular complexity index is 559. The lowest BCUT2D eigenvalue weighted by atomic mass is 9.96. The molecule has 1 aliphatic rings. The number of carbonyl (C=O) groups is 2. The molecular formula is C22H33NO3. The van der Waals surface area contributed by atoms with Crippen LogP contribution in [0.4, 0.5) is 0 Å². The highest BCUT2D eigenvalue weighted by Crippen LogP contribution is 2.21. The largest absolute Gasteiger partial charge is 0.465 e. The topological polar surface area (TPSA) is 46.6 Å². The Kier molecular flexibility index (Phi) is 8.66. The van der Waals surface area contributed by atoms with Crippen LogP contribution in [0.15, 0.2) is 24.3 Å². The number of esters is 1. The van der Waals surface area contributed by atoms with Gasteiger partial charge in [0.15, 0.2) is 0 Å². The van der Waals surface area contributed by atoms with Crippen LogP contribution in [0.1, 0.15) is 74.2 Å². The maximum Gasteiger partial charge on any atom is 0.309 e. The second-order valence-electron chi connectivity index (χ2n) is 7.37. The predicted octanol–water partition coefficient (Wildman–Crippen LogP) is 4.75. The molecule has 0 aromatic heterocycles. The van der Waals surface area contributed by atoms with E-state index in [1.165, 1.54) is 25.7 Å². The quantitative estimate of drug-likeness (QED) is 0.472. The molecule has 1 aliphatic heterocycles. The molecule has 0 spiro atoms. The van der Waals surface area contributed by atoms with Crippen LogP contribution in [-0.4, -0.2) is 36.5 Å². The number of likely N-dealkylation sites (tertiary alicyclic amines) is 1. The maximum atomic E-state index is 12.5. The summed E-state index contributed by atoms with van der Waals surface area (Å²) in [5.74, 6) is -0.0814.